The zero-order valence-electron chi connectivity index (χ0n) is 11.0. The number of hydrogen-bond donors (Lipinski definition) is 1. The molecule has 1 atom stereocenters. The number of alkyl halides is 3. The van der Waals surface area contributed by atoms with E-state index < -0.39 is 12.7 Å². The molecule has 2 rings (SSSR count). The number of para-hydroxylation sites is 2. The van der Waals surface area contributed by atoms with Crippen molar-refractivity contribution in [2.75, 3.05) is 13.7 Å². The molecule has 0 fully saturated rings. The Labute approximate surface area is 114 Å². The highest BCUT2D eigenvalue weighted by Gasteiger charge is 2.30. The van der Waals surface area contributed by atoms with E-state index in [-0.39, 0.29) is 19.1 Å². The van der Waals surface area contributed by atoms with Crippen LogP contribution in [-0.4, -0.2) is 35.5 Å². The SMILES string of the molecule is COC(CN)Cc1nc2ccccc2n1CC(F)(F)F. The van der Waals surface area contributed by atoms with E-state index in [0.717, 1.165) is 0 Å². The van der Waals surface area contributed by atoms with Gasteiger partial charge in [-0.15, -0.1) is 0 Å². The molecule has 1 unspecified atom stereocenters. The van der Waals surface area contributed by atoms with Crippen LogP contribution in [0, 0.1) is 0 Å². The van der Waals surface area contributed by atoms with E-state index in [1.54, 1.807) is 24.3 Å². The summed E-state index contributed by atoms with van der Waals surface area (Å²) < 4.78 is 44.5. The summed E-state index contributed by atoms with van der Waals surface area (Å²) in [5, 5.41) is 0. The van der Waals surface area contributed by atoms with Crippen LogP contribution in [0.3, 0.4) is 0 Å². The number of hydrogen-bond acceptors (Lipinski definition) is 3. The second kappa shape index (κ2) is 5.80. The van der Waals surface area contributed by atoms with Crippen molar-refractivity contribution in [3.63, 3.8) is 0 Å². The lowest BCUT2D eigenvalue weighted by Gasteiger charge is -2.15. The third kappa shape index (κ3) is 3.29. The Kier molecular flexibility index (Phi) is 4.29. The summed E-state index contributed by atoms with van der Waals surface area (Å²) in [7, 11) is 1.48. The summed E-state index contributed by atoms with van der Waals surface area (Å²) in [5.74, 6) is 0.334. The normalized spacial score (nSPS) is 13.8. The van der Waals surface area contributed by atoms with Crippen molar-refractivity contribution in [3.05, 3.63) is 30.1 Å². The smallest absolute Gasteiger partial charge is 0.380 e. The van der Waals surface area contributed by atoms with Gasteiger partial charge in [-0.1, -0.05) is 12.1 Å². The number of nitrogens with two attached hydrogens (primary N) is 1. The monoisotopic (exact) mass is 287 g/mol. The molecule has 20 heavy (non-hydrogen) atoms. The van der Waals surface area contributed by atoms with Crippen LogP contribution in [0.4, 0.5) is 13.2 Å². The Bertz CT molecular complexity index is 576. The first kappa shape index (κ1) is 14.8. The van der Waals surface area contributed by atoms with Crippen LogP contribution in [0.1, 0.15) is 5.82 Å². The Balaban J connectivity index is 2.43. The molecule has 2 aromatic rings. The summed E-state index contributed by atoms with van der Waals surface area (Å²) >= 11 is 0. The van der Waals surface area contributed by atoms with E-state index in [2.05, 4.69) is 4.98 Å². The minimum Gasteiger partial charge on any atom is -0.380 e. The van der Waals surface area contributed by atoms with Crippen LogP contribution >= 0.6 is 0 Å². The van der Waals surface area contributed by atoms with E-state index in [9.17, 15) is 13.2 Å². The van der Waals surface area contributed by atoms with Crippen molar-refractivity contribution in [2.45, 2.75) is 25.2 Å². The van der Waals surface area contributed by atoms with Gasteiger partial charge in [0.1, 0.15) is 12.4 Å². The van der Waals surface area contributed by atoms with Crippen molar-refractivity contribution in [2.24, 2.45) is 5.73 Å². The van der Waals surface area contributed by atoms with E-state index in [0.29, 0.717) is 16.9 Å². The molecule has 0 radical (unpaired) electrons. The van der Waals surface area contributed by atoms with Crippen LogP contribution in [0.2, 0.25) is 0 Å². The third-order valence-electron chi connectivity index (χ3n) is 3.08. The zero-order valence-corrected chi connectivity index (χ0v) is 11.0. The first-order valence-electron chi connectivity index (χ1n) is 6.18. The van der Waals surface area contributed by atoms with Crippen molar-refractivity contribution in [1.29, 1.82) is 0 Å². The van der Waals surface area contributed by atoms with E-state index in [4.69, 9.17) is 10.5 Å². The quantitative estimate of drug-likeness (QED) is 0.916. The maximum absolute atomic E-state index is 12.7. The standard InChI is InChI=1S/C13H16F3N3O/c1-20-9(7-17)6-12-18-10-4-2-3-5-11(10)19(12)8-13(14,15)16/h2-5,9H,6-8,17H2,1H3. The topological polar surface area (TPSA) is 53.1 Å². The molecule has 2 N–H and O–H groups in total. The molecule has 0 aliphatic rings. The van der Waals surface area contributed by atoms with Crippen LogP contribution in [0.25, 0.3) is 11.0 Å². The van der Waals surface area contributed by atoms with E-state index >= 15 is 0 Å². The van der Waals surface area contributed by atoms with Crippen LogP contribution in [0.5, 0.6) is 0 Å². The predicted octanol–water partition coefficient (Wildman–Crippen LogP) is 2.11. The minimum absolute atomic E-state index is 0.228. The molecule has 0 aliphatic heterocycles. The van der Waals surface area contributed by atoms with Gasteiger partial charge in [0.2, 0.25) is 0 Å². The molecule has 0 saturated heterocycles. The number of nitrogens with zero attached hydrogens (tertiary/aromatic N) is 2. The van der Waals surface area contributed by atoms with Gasteiger partial charge in [-0.25, -0.2) is 4.98 Å². The number of halogens is 3. The summed E-state index contributed by atoms with van der Waals surface area (Å²) in [6.07, 6.45) is -4.40. The van der Waals surface area contributed by atoms with Crippen molar-refractivity contribution in [1.82, 2.24) is 9.55 Å². The summed E-state index contributed by atoms with van der Waals surface area (Å²) in [6, 6.07) is 6.75. The van der Waals surface area contributed by atoms with Crippen molar-refractivity contribution < 1.29 is 17.9 Å². The largest absolute Gasteiger partial charge is 0.406 e. The Morgan fingerprint density at radius 2 is 2.05 bits per heavy atom. The maximum Gasteiger partial charge on any atom is 0.406 e. The fraction of sp³-hybridized carbons (Fsp3) is 0.462. The number of fused-ring (bicyclic) bond motifs is 1. The predicted molar refractivity (Wildman–Crippen MR) is 69.3 cm³/mol. The maximum atomic E-state index is 12.7. The summed E-state index contributed by atoms with van der Waals surface area (Å²) in [4.78, 5) is 4.26. The lowest BCUT2D eigenvalue weighted by Crippen LogP contribution is -2.27. The molecule has 7 heteroatoms. The second-order valence-corrected chi connectivity index (χ2v) is 4.52. The number of ether oxygens (including phenoxy) is 1. The molecule has 0 bridgehead atoms. The zero-order chi connectivity index (χ0) is 14.8. The average molecular weight is 287 g/mol. The lowest BCUT2D eigenvalue weighted by atomic mass is 10.2. The molecular weight excluding hydrogens is 271 g/mol. The number of imidazole rings is 1. The summed E-state index contributed by atoms with van der Waals surface area (Å²) in [5.41, 5.74) is 6.52. The van der Waals surface area contributed by atoms with Crippen molar-refractivity contribution in [3.8, 4) is 0 Å². The average Bonchev–Trinajstić information content (AvgIpc) is 2.72. The molecule has 1 aromatic carbocycles. The van der Waals surface area contributed by atoms with Gasteiger partial charge < -0.3 is 15.0 Å². The minimum atomic E-state index is -4.30. The van der Waals surface area contributed by atoms with Gasteiger partial charge in [-0.2, -0.15) is 13.2 Å². The van der Waals surface area contributed by atoms with Gasteiger partial charge in [0.05, 0.1) is 17.1 Å². The van der Waals surface area contributed by atoms with Crippen LogP contribution < -0.4 is 5.73 Å². The first-order chi connectivity index (χ1) is 9.44. The van der Waals surface area contributed by atoms with Gasteiger partial charge in [0.15, 0.2) is 0 Å². The number of benzene rings is 1. The molecule has 110 valence electrons. The highest BCUT2D eigenvalue weighted by molar-refractivity contribution is 5.75. The molecule has 1 heterocycles. The summed E-state index contributed by atoms with van der Waals surface area (Å²) in [6.45, 7) is -0.838. The van der Waals surface area contributed by atoms with E-state index in [1.807, 2.05) is 0 Å². The molecule has 0 amide bonds. The van der Waals surface area contributed by atoms with Gasteiger partial charge in [-0.05, 0) is 12.1 Å². The fourth-order valence-electron chi connectivity index (χ4n) is 2.10. The Morgan fingerprint density at radius 3 is 2.65 bits per heavy atom. The molecule has 0 spiro atoms. The highest BCUT2D eigenvalue weighted by atomic mass is 19.4. The van der Waals surface area contributed by atoms with Gasteiger partial charge >= 0.3 is 6.18 Å². The van der Waals surface area contributed by atoms with Gasteiger partial charge in [0, 0.05) is 20.1 Å². The molecule has 0 saturated carbocycles. The molecule has 0 aliphatic carbocycles. The van der Waals surface area contributed by atoms with Gasteiger partial charge in [-0.3, -0.25) is 0 Å². The van der Waals surface area contributed by atoms with Crippen molar-refractivity contribution >= 4 is 11.0 Å². The Morgan fingerprint density at radius 1 is 1.35 bits per heavy atom. The molecule has 1 aromatic heterocycles. The van der Waals surface area contributed by atoms with Gasteiger partial charge in [0.25, 0.3) is 0 Å². The third-order valence-corrected chi connectivity index (χ3v) is 3.08. The van der Waals surface area contributed by atoms with Crippen LogP contribution in [0.15, 0.2) is 24.3 Å². The lowest BCUT2D eigenvalue weighted by molar-refractivity contribution is -0.140. The highest BCUT2D eigenvalue weighted by Crippen LogP contribution is 2.24. The number of methoxy groups -OCH3 is 1. The number of aromatic nitrogens is 2. The number of rotatable bonds is 5. The van der Waals surface area contributed by atoms with E-state index in [1.165, 1.54) is 11.7 Å². The van der Waals surface area contributed by atoms with Crippen LogP contribution in [-0.2, 0) is 17.7 Å². The molecule has 4 nitrogen and oxygen atoms in total. The second-order valence-electron chi connectivity index (χ2n) is 4.52. The fourth-order valence-corrected chi connectivity index (χ4v) is 2.10. The first-order valence-corrected chi connectivity index (χ1v) is 6.18. The molecular formula is C13H16F3N3O. The Hall–Kier alpha value is -1.60.